The summed E-state index contributed by atoms with van der Waals surface area (Å²) in [4.78, 5) is 24.7. The van der Waals surface area contributed by atoms with E-state index < -0.39 is 0 Å². The van der Waals surface area contributed by atoms with Crippen LogP contribution in [0.2, 0.25) is 0 Å². The van der Waals surface area contributed by atoms with Gasteiger partial charge in [-0.05, 0) is 30.5 Å². The van der Waals surface area contributed by atoms with Gasteiger partial charge in [-0.25, -0.2) is 0 Å². The summed E-state index contributed by atoms with van der Waals surface area (Å²) < 4.78 is 0. The van der Waals surface area contributed by atoms with Crippen LogP contribution in [0.15, 0.2) is 18.2 Å². The summed E-state index contributed by atoms with van der Waals surface area (Å²) in [6.07, 6.45) is 0.250. The van der Waals surface area contributed by atoms with Crippen molar-refractivity contribution < 1.29 is 9.59 Å². The third-order valence-electron chi connectivity index (χ3n) is 3.61. The van der Waals surface area contributed by atoms with E-state index in [9.17, 15) is 9.59 Å². The van der Waals surface area contributed by atoms with Crippen molar-refractivity contribution in [2.24, 2.45) is 11.7 Å². The zero-order valence-corrected chi connectivity index (χ0v) is 10.8. The first-order valence-electron chi connectivity index (χ1n) is 6.11. The van der Waals surface area contributed by atoms with Crippen LogP contribution in [-0.2, 0) is 16.1 Å². The Balaban J connectivity index is 2.15. The van der Waals surface area contributed by atoms with Crippen molar-refractivity contribution in [1.29, 1.82) is 0 Å². The highest BCUT2D eigenvalue weighted by molar-refractivity contribution is 5.88. The second kappa shape index (κ2) is 4.80. The molecule has 96 valence electrons. The van der Waals surface area contributed by atoms with Gasteiger partial charge in [-0.3, -0.25) is 9.59 Å². The van der Waals surface area contributed by atoms with E-state index in [2.05, 4.69) is 0 Å². The second-order valence-corrected chi connectivity index (χ2v) is 4.95. The van der Waals surface area contributed by atoms with Crippen LogP contribution >= 0.6 is 0 Å². The minimum atomic E-state index is -0.382. The third kappa shape index (κ3) is 2.37. The fourth-order valence-electron chi connectivity index (χ4n) is 2.40. The summed E-state index contributed by atoms with van der Waals surface area (Å²) in [7, 11) is 0. The fraction of sp³-hybridized carbons (Fsp3) is 0.429. The lowest BCUT2D eigenvalue weighted by Crippen LogP contribution is -2.28. The van der Waals surface area contributed by atoms with Crippen LogP contribution in [0.3, 0.4) is 0 Å². The highest BCUT2D eigenvalue weighted by Gasteiger charge is 2.33. The maximum absolute atomic E-state index is 11.8. The number of hydrogen-bond donors (Lipinski definition) is 1. The van der Waals surface area contributed by atoms with Crippen LogP contribution < -0.4 is 5.73 Å². The van der Waals surface area contributed by atoms with E-state index in [-0.39, 0.29) is 24.2 Å². The summed E-state index contributed by atoms with van der Waals surface area (Å²) in [5.74, 6) is -0.698. The Hall–Kier alpha value is -1.84. The fourth-order valence-corrected chi connectivity index (χ4v) is 2.40. The van der Waals surface area contributed by atoms with Crippen LogP contribution in [0, 0.1) is 19.8 Å². The number of amides is 2. The van der Waals surface area contributed by atoms with Gasteiger partial charge in [-0.15, -0.1) is 0 Å². The number of rotatable bonds is 3. The lowest BCUT2D eigenvalue weighted by Gasteiger charge is -2.19. The normalized spacial score (nSPS) is 19.3. The summed E-state index contributed by atoms with van der Waals surface area (Å²) in [6, 6.07) is 6.08. The zero-order chi connectivity index (χ0) is 13.3. The first-order valence-corrected chi connectivity index (χ1v) is 6.11. The molecule has 1 saturated heterocycles. The number of likely N-dealkylation sites (tertiary alicyclic amines) is 1. The molecule has 4 heteroatoms. The molecule has 1 atom stereocenters. The molecule has 0 bridgehead atoms. The maximum atomic E-state index is 11.8. The molecule has 18 heavy (non-hydrogen) atoms. The minimum absolute atomic E-state index is 0.0152. The van der Waals surface area contributed by atoms with Gasteiger partial charge in [0.15, 0.2) is 0 Å². The van der Waals surface area contributed by atoms with Crippen LogP contribution in [-0.4, -0.2) is 23.3 Å². The number of nitrogens with two attached hydrogens (primary N) is 1. The smallest absolute Gasteiger partial charge is 0.223 e. The molecule has 0 spiro atoms. The molecular weight excluding hydrogens is 228 g/mol. The van der Waals surface area contributed by atoms with E-state index in [1.807, 2.05) is 32.0 Å². The lowest BCUT2D eigenvalue weighted by molar-refractivity contribution is -0.128. The zero-order valence-electron chi connectivity index (χ0n) is 10.8. The first-order chi connectivity index (χ1) is 8.49. The lowest BCUT2D eigenvalue weighted by atomic mass is 10.0. The highest BCUT2D eigenvalue weighted by Crippen LogP contribution is 2.22. The van der Waals surface area contributed by atoms with Crippen LogP contribution in [0.4, 0.5) is 0 Å². The van der Waals surface area contributed by atoms with E-state index in [0.717, 1.165) is 5.56 Å². The number of hydrogen-bond acceptors (Lipinski definition) is 2. The van der Waals surface area contributed by atoms with Gasteiger partial charge < -0.3 is 10.6 Å². The van der Waals surface area contributed by atoms with E-state index in [0.29, 0.717) is 13.1 Å². The largest absolute Gasteiger partial charge is 0.369 e. The predicted molar refractivity (Wildman–Crippen MR) is 68.6 cm³/mol. The van der Waals surface area contributed by atoms with E-state index in [1.165, 1.54) is 11.1 Å². The monoisotopic (exact) mass is 246 g/mol. The topological polar surface area (TPSA) is 63.4 Å². The van der Waals surface area contributed by atoms with E-state index in [1.54, 1.807) is 4.90 Å². The molecule has 1 aliphatic heterocycles. The molecule has 1 aromatic carbocycles. The SMILES string of the molecule is Cc1cccc(C)c1CN1CC(C(N)=O)CC1=O. The Morgan fingerprint density at radius 3 is 2.50 bits per heavy atom. The van der Waals surface area contributed by atoms with Crippen molar-refractivity contribution in [2.45, 2.75) is 26.8 Å². The number of aryl methyl sites for hydroxylation is 2. The minimum Gasteiger partial charge on any atom is -0.369 e. The molecule has 2 rings (SSSR count). The number of carbonyl (C=O) groups is 2. The molecule has 0 radical (unpaired) electrons. The Labute approximate surface area is 107 Å². The molecule has 2 N–H and O–H groups in total. The number of nitrogens with zero attached hydrogens (tertiary/aromatic N) is 1. The molecule has 0 aliphatic carbocycles. The average molecular weight is 246 g/mol. The van der Waals surface area contributed by atoms with Gasteiger partial charge in [0.2, 0.25) is 11.8 Å². The summed E-state index contributed by atoms with van der Waals surface area (Å²) in [6.45, 7) is 5.09. The summed E-state index contributed by atoms with van der Waals surface area (Å²) in [5.41, 5.74) is 8.76. The van der Waals surface area contributed by atoms with Gasteiger partial charge in [0.1, 0.15) is 0 Å². The van der Waals surface area contributed by atoms with Gasteiger partial charge in [-0.2, -0.15) is 0 Å². The Bertz CT molecular complexity index is 476. The Morgan fingerprint density at radius 2 is 2.00 bits per heavy atom. The molecule has 0 saturated carbocycles. The average Bonchev–Trinajstić information content (AvgIpc) is 2.66. The van der Waals surface area contributed by atoms with Gasteiger partial charge in [0, 0.05) is 19.5 Å². The molecular formula is C14H18N2O2. The molecule has 1 fully saturated rings. The van der Waals surface area contributed by atoms with Crippen molar-refractivity contribution >= 4 is 11.8 Å². The standard InChI is InChI=1S/C14H18N2O2/c1-9-4-3-5-10(2)12(9)8-16-7-11(14(15)18)6-13(16)17/h3-5,11H,6-8H2,1-2H3,(H2,15,18). The van der Waals surface area contributed by atoms with Crippen molar-refractivity contribution in [3.8, 4) is 0 Å². The Kier molecular flexibility index (Phi) is 3.36. The van der Waals surface area contributed by atoms with Crippen molar-refractivity contribution in [3.63, 3.8) is 0 Å². The summed E-state index contributed by atoms with van der Waals surface area (Å²) >= 11 is 0. The van der Waals surface area contributed by atoms with Gasteiger partial charge in [-0.1, -0.05) is 18.2 Å². The second-order valence-electron chi connectivity index (χ2n) is 4.95. The molecule has 1 unspecified atom stereocenters. The molecule has 1 heterocycles. The third-order valence-corrected chi connectivity index (χ3v) is 3.61. The number of carbonyl (C=O) groups excluding carboxylic acids is 2. The molecule has 4 nitrogen and oxygen atoms in total. The van der Waals surface area contributed by atoms with Crippen molar-refractivity contribution in [2.75, 3.05) is 6.54 Å². The first kappa shape index (κ1) is 12.6. The maximum Gasteiger partial charge on any atom is 0.223 e. The van der Waals surface area contributed by atoms with E-state index in [4.69, 9.17) is 5.73 Å². The molecule has 1 aromatic rings. The molecule has 2 amide bonds. The van der Waals surface area contributed by atoms with E-state index >= 15 is 0 Å². The van der Waals surface area contributed by atoms with Crippen molar-refractivity contribution in [1.82, 2.24) is 4.90 Å². The van der Waals surface area contributed by atoms with Crippen LogP contribution in [0.1, 0.15) is 23.1 Å². The van der Waals surface area contributed by atoms with Gasteiger partial charge >= 0.3 is 0 Å². The number of primary amides is 1. The Morgan fingerprint density at radius 1 is 1.39 bits per heavy atom. The number of benzene rings is 1. The summed E-state index contributed by atoms with van der Waals surface area (Å²) in [5, 5.41) is 0. The molecule has 1 aliphatic rings. The van der Waals surface area contributed by atoms with Crippen LogP contribution in [0.5, 0.6) is 0 Å². The predicted octanol–water partition coefficient (Wildman–Crippen LogP) is 1.14. The van der Waals surface area contributed by atoms with Crippen molar-refractivity contribution in [3.05, 3.63) is 34.9 Å². The van der Waals surface area contributed by atoms with Gasteiger partial charge in [0.25, 0.3) is 0 Å². The molecule has 0 aromatic heterocycles. The quantitative estimate of drug-likeness (QED) is 0.869. The van der Waals surface area contributed by atoms with Crippen LogP contribution in [0.25, 0.3) is 0 Å². The van der Waals surface area contributed by atoms with Gasteiger partial charge in [0.05, 0.1) is 5.92 Å². The highest BCUT2D eigenvalue weighted by atomic mass is 16.2.